The van der Waals surface area contributed by atoms with Crippen molar-refractivity contribution in [3.8, 4) is 11.5 Å². The average molecular weight is 461 g/mol. The molecular formula is C19H17BrN4O3S. The molecule has 2 heterocycles. The molecule has 2 aromatic carbocycles. The number of nitrogens with one attached hydrogen (secondary N) is 1. The van der Waals surface area contributed by atoms with Crippen LogP contribution in [-0.2, 0) is 4.79 Å². The first-order valence-electron chi connectivity index (χ1n) is 8.39. The van der Waals surface area contributed by atoms with Crippen LogP contribution in [0.3, 0.4) is 0 Å². The van der Waals surface area contributed by atoms with Crippen molar-refractivity contribution in [1.29, 1.82) is 0 Å². The molecule has 144 valence electrons. The summed E-state index contributed by atoms with van der Waals surface area (Å²) in [6, 6.07) is 11.2. The van der Waals surface area contributed by atoms with E-state index < -0.39 is 6.17 Å². The van der Waals surface area contributed by atoms with Gasteiger partial charge < -0.3 is 9.47 Å². The minimum absolute atomic E-state index is 0.205. The largest absolute Gasteiger partial charge is 0.493 e. The number of fused-ring (bicyclic) bond motifs is 2. The number of hydrazone groups is 1. The zero-order chi connectivity index (χ0) is 19.8. The first-order chi connectivity index (χ1) is 13.6. The summed E-state index contributed by atoms with van der Waals surface area (Å²) < 4.78 is 11.6. The monoisotopic (exact) mass is 460 g/mol. The number of rotatable bonds is 3. The van der Waals surface area contributed by atoms with Crippen LogP contribution in [0, 0.1) is 0 Å². The van der Waals surface area contributed by atoms with Gasteiger partial charge in [-0.1, -0.05) is 45.9 Å². The molecule has 0 radical (unpaired) electrons. The minimum atomic E-state index is -0.535. The van der Waals surface area contributed by atoms with Gasteiger partial charge in [-0.25, -0.2) is 5.01 Å². The number of para-hydroxylation sites is 1. The van der Waals surface area contributed by atoms with Gasteiger partial charge in [-0.2, -0.15) is 0 Å². The Morgan fingerprint density at radius 2 is 1.89 bits per heavy atom. The van der Waals surface area contributed by atoms with Crippen LogP contribution in [0.5, 0.6) is 11.5 Å². The van der Waals surface area contributed by atoms with Crippen LogP contribution in [0.4, 0.5) is 0 Å². The van der Waals surface area contributed by atoms with E-state index >= 15 is 0 Å². The highest BCUT2D eigenvalue weighted by atomic mass is 79.9. The number of amides is 1. The molecule has 1 atom stereocenters. The molecule has 1 N–H and O–H groups in total. The molecule has 1 amide bonds. The smallest absolute Gasteiger partial charge is 0.276 e. The number of thioether (sulfide) groups is 1. The average Bonchev–Trinajstić information content (AvgIpc) is 2.72. The molecule has 0 aromatic heterocycles. The summed E-state index contributed by atoms with van der Waals surface area (Å²) in [5.74, 6) is 0.971. The van der Waals surface area contributed by atoms with Crippen molar-refractivity contribution in [3.63, 3.8) is 0 Å². The molecule has 9 heteroatoms. The predicted molar refractivity (Wildman–Crippen MR) is 112 cm³/mol. The van der Waals surface area contributed by atoms with E-state index in [0.717, 1.165) is 20.6 Å². The molecule has 1 unspecified atom stereocenters. The van der Waals surface area contributed by atoms with Crippen LogP contribution in [0.15, 0.2) is 51.0 Å². The molecule has 4 rings (SSSR count). The number of nitrogens with zero attached hydrogens (tertiary/aromatic N) is 3. The second-order valence-electron chi connectivity index (χ2n) is 6.01. The van der Waals surface area contributed by atoms with Crippen LogP contribution in [0.2, 0.25) is 0 Å². The fraction of sp³-hybridized carbons (Fsp3) is 0.211. The van der Waals surface area contributed by atoms with Crippen LogP contribution in [0.25, 0.3) is 5.70 Å². The Morgan fingerprint density at radius 3 is 2.61 bits per heavy atom. The van der Waals surface area contributed by atoms with Gasteiger partial charge in [0.15, 0.2) is 22.8 Å². The van der Waals surface area contributed by atoms with E-state index in [0.29, 0.717) is 22.4 Å². The van der Waals surface area contributed by atoms with Gasteiger partial charge in [0, 0.05) is 15.3 Å². The molecule has 2 aliphatic heterocycles. The summed E-state index contributed by atoms with van der Waals surface area (Å²) in [7, 11) is 3.17. The lowest BCUT2D eigenvalue weighted by Gasteiger charge is -2.34. The lowest BCUT2D eigenvalue weighted by molar-refractivity contribution is -0.116. The van der Waals surface area contributed by atoms with E-state index in [9.17, 15) is 4.79 Å². The summed E-state index contributed by atoms with van der Waals surface area (Å²) in [6.45, 7) is 0. The van der Waals surface area contributed by atoms with Gasteiger partial charge in [0.2, 0.25) is 0 Å². The molecule has 7 nitrogen and oxygen atoms in total. The van der Waals surface area contributed by atoms with Crippen molar-refractivity contribution < 1.29 is 14.3 Å². The maximum absolute atomic E-state index is 12.9. The third-order valence-corrected chi connectivity index (χ3v) is 5.75. The molecule has 0 aliphatic carbocycles. The van der Waals surface area contributed by atoms with Gasteiger partial charge >= 0.3 is 0 Å². The summed E-state index contributed by atoms with van der Waals surface area (Å²) in [5, 5.41) is 11.1. The molecule has 0 bridgehead atoms. The zero-order valence-corrected chi connectivity index (χ0v) is 17.8. The first kappa shape index (κ1) is 18.8. The highest BCUT2D eigenvalue weighted by molar-refractivity contribution is 9.10. The van der Waals surface area contributed by atoms with Crippen LogP contribution < -0.4 is 25.4 Å². The maximum Gasteiger partial charge on any atom is 0.276 e. The van der Waals surface area contributed by atoms with Gasteiger partial charge in [-0.05, 0) is 24.5 Å². The van der Waals surface area contributed by atoms with Crippen LogP contribution in [-0.4, -0.2) is 36.6 Å². The number of benzene rings is 2. The minimum Gasteiger partial charge on any atom is -0.493 e. The third-order valence-electron chi connectivity index (χ3n) is 4.49. The fourth-order valence-corrected chi connectivity index (χ4v) is 4.08. The molecule has 0 spiro atoms. The number of hydrogen-bond donors (Lipinski definition) is 1. The van der Waals surface area contributed by atoms with Crippen molar-refractivity contribution in [2.75, 3.05) is 20.5 Å². The summed E-state index contributed by atoms with van der Waals surface area (Å²) in [6.07, 6.45) is 1.33. The second kappa shape index (κ2) is 7.48. The topological polar surface area (TPSA) is 75.5 Å². The summed E-state index contributed by atoms with van der Waals surface area (Å²) >= 11 is 4.97. The quantitative estimate of drug-likeness (QED) is 0.757. The standard InChI is InChI=1S/C19H17BrN4O3S/c1-26-14-8-11(12(20)9-15(14)27-2)17-21-13-7-5-4-6-10(13)16-18(25)22-19(28-3)23-24(16)17/h4-9,17H,1-3H3,(H,22,23,25). The molecule has 2 aromatic rings. The number of amidine groups is 1. The Morgan fingerprint density at radius 1 is 1.18 bits per heavy atom. The highest BCUT2D eigenvalue weighted by Crippen LogP contribution is 2.40. The van der Waals surface area contributed by atoms with Crippen molar-refractivity contribution in [2.24, 2.45) is 10.1 Å². The zero-order valence-electron chi connectivity index (χ0n) is 15.4. The number of hydrogen-bond acceptors (Lipinski definition) is 7. The number of methoxy groups -OCH3 is 2. The molecule has 0 saturated carbocycles. The van der Waals surface area contributed by atoms with Gasteiger partial charge in [0.25, 0.3) is 5.91 Å². The van der Waals surface area contributed by atoms with Crippen LogP contribution in [0.1, 0.15) is 11.7 Å². The number of ether oxygens (including phenoxy) is 2. The Balaban J connectivity index is 1.98. The van der Waals surface area contributed by atoms with Crippen molar-refractivity contribution in [2.45, 2.75) is 6.17 Å². The molecule has 0 fully saturated rings. The summed E-state index contributed by atoms with van der Waals surface area (Å²) in [5.41, 5.74) is 1.28. The van der Waals surface area contributed by atoms with Gasteiger partial charge in [0.05, 0.1) is 19.6 Å². The molecular weight excluding hydrogens is 444 g/mol. The SMILES string of the molecule is COc1cc(Br)c(C2N=c3ccccc3=C3C(=O)NC(SC)=NN32)cc1OC. The Hall–Kier alpha value is -2.52. The third kappa shape index (κ3) is 3.04. The van der Waals surface area contributed by atoms with E-state index in [1.807, 2.05) is 42.7 Å². The van der Waals surface area contributed by atoms with E-state index in [1.54, 1.807) is 19.2 Å². The Labute approximate surface area is 174 Å². The fourth-order valence-electron chi connectivity index (χ4n) is 3.19. The summed E-state index contributed by atoms with van der Waals surface area (Å²) in [4.78, 5) is 17.7. The van der Waals surface area contributed by atoms with E-state index in [2.05, 4.69) is 26.3 Å². The molecule has 0 saturated heterocycles. The normalized spacial score (nSPS) is 17.8. The second-order valence-corrected chi connectivity index (χ2v) is 7.65. The highest BCUT2D eigenvalue weighted by Gasteiger charge is 2.35. The first-order valence-corrected chi connectivity index (χ1v) is 10.4. The predicted octanol–water partition coefficient (Wildman–Crippen LogP) is 1.97. The molecule has 28 heavy (non-hydrogen) atoms. The van der Waals surface area contributed by atoms with E-state index in [1.165, 1.54) is 11.8 Å². The molecule has 2 aliphatic rings. The number of carbonyl (C=O) groups is 1. The van der Waals surface area contributed by atoms with Gasteiger partial charge in [0.1, 0.15) is 5.70 Å². The maximum atomic E-state index is 12.9. The van der Waals surface area contributed by atoms with Crippen molar-refractivity contribution in [3.05, 3.63) is 57.0 Å². The Kier molecular flexibility index (Phi) is 5.03. The number of halogens is 1. The van der Waals surface area contributed by atoms with E-state index in [-0.39, 0.29) is 5.91 Å². The lowest BCUT2D eigenvalue weighted by atomic mass is 10.1. The lowest BCUT2D eigenvalue weighted by Crippen LogP contribution is -2.50. The number of carbonyl (C=O) groups excluding carboxylic acids is 1. The van der Waals surface area contributed by atoms with Gasteiger partial charge in [-0.15, -0.1) is 5.10 Å². The van der Waals surface area contributed by atoms with Crippen molar-refractivity contribution in [1.82, 2.24) is 10.3 Å². The Bertz CT molecular complexity index is 1120. The van der Waals surface area contributed by atoms with Gasteiger partial charge in [-0.3, -0.25) is 15.1 Å². The van der Waals surface area contributed by atoms with Crippen molar-refractivity contribution >= 4 is 44.5 Å². The van der Waals surface area contributed by atoms with Crippen LogP contribution >= 0.6 is 27.7 Å². The van der Waals surface area contributed by atoms with E-state index in [4.69, 9.17) is 14.5 Å².